The zero-order valence-corrected chi connectivity index (χ0v) is 16.9. The minimum Gasteiger partial charge on any atom is -0.378 e. The van der Waals surface area contributed by atoms with Gasteiger partial charge in [-0.3, -0.25) is 4.68 Å². The molecule has 0 saturated carbocycles. The monoisotopic (exact) mass is 384 g/mol. The van der Waals surface area contributed by atoms with Crippen LogP contribution in [-0.4, -0.2) is 14.9 Å². The van der Waals surface area contributed by atoms with Crippen LogP contribution in [0.3, 0.4) is 0 Å². The van der Waals surface area contributed by atoms with Crippen LogP contribution < -0.4 is 5.32 Å². The Kier molecular flexibility index (Phi) is 4.23. The largest absolute Gasteiger partial charge is 0.378 e. The highest BCUT2D eigenvalue weighted by molar-refractivity contribution is 5.77. The van der Waals surface area contributed by atoms with E-state index in [1.807, 2.05) is 24.9 Å². The van der Waals surface area contributed by atoms with Crippen LogP contribution in [0, 0.1) is 13.8 Å². The van der Waals surface area contributed by atoms with Crippen LogP contribution in [-0.2, 0) is 13.5 Å². The number of benzene rings is 2. The molecule has 0 fully saturated rings. The van der Waals surface area contributed by atoms with Crippen LogP contribution in [0.4, 0.5) is 5.69 Å². The van der Waals surface area contributed by atoms with E-state index in [1.54, 1.807) is 0 Å². The number of nitrogens with one attached hydrogen (secondary N) is 1. The second-order valence-electron chi connectivity index (χ2n) is 7.87. The lowest BCUT2D eigenvalue weighted by atomic mass is 9.92. The summed E-state index contributed by atoms with van der Waals surface area (Å²) in [7, 11) is 1.95. The summed E-state index contributed by atoms with van der Waals surface area (Å²) in [5, 5.41) is 12.3. The quantitative estimate of drug-likeness (QED) is 0.510. The van der Waals surface area contributed by atoms with Gasteiger partial charge < -0.3 is 9.84 Å². The van der Waals surface area contributed by atoms with Gasteiger partial charge in [0.15, 0.2) is 0 Å². The van der Waals surface area contributed by atoms with Crippen LogP contribution in [0.5, 0.6) is 0 Å². The SMILES string of the molecule is Cc1ccc(NC2CCc3onc(C)c3-c3ccc(-c4cnn(C)c4)cc32)cc1. The molecule has 0 aliphatic heterocycles. The van der Waals surface area contributed by atoms with Gasteiger partial charge in [-0.1, -0.05) is 35.0 Å². The Morgan fingerprint density at radius 3 is 2.66 bits per heavy atom. The van der Waals surface area contributed by atoms with Crippen molar-refractivity contribution in [3.63, 3.8) is 0 Å². The van der Waals surface area contributed by atoms with Crippen molar-refractivity contribution in [1.82, 2.24) is 14.9 Å². The van der Waals surface area contributed by atoms with Crippen molar-refractivity contribution >= 4 is 5.69 Å². The molecule has 1 aliphatic rings. The third-order valence-electron chi connectivity index (χ3n) is 5.72. The smallest absolute Gasteiger partial charge is 0.144 e. The number of hydrogen-bond acceptors (Lipinski definition) is 4. The fourth-order valence-corrected chi connectivity index (χ4v) is 4.19. The lowest BCUT2D eigenvalue weighted by molar-refractivity contribution is 0.376. The number of rotatable bonds is 3. The van der Waals surface area contributed by atoms with Gasteiger partial charge in [0.2, 0.25) is 0 Å². The Morgan fingerprint density at radius 2 is 1.90 bits per heavy atom. The fourth-order valence-electron chi connectivity index (χ4n) is 4.19. The van der Waals surface area contributed by atoms with Gasteiger partial charge in [-0.2, -0.15) is 5.10 Å². The summed E-state index contributed by atoms with van der Waals surface area (Å²) in [6.45, 7) is 4.13. The Bertz CT molecular complexity index is 1170. The molecule has 1 unspecified atom stereocenters. The highest BCUT2D eigenvalue weighted by Crippen LogP contribution is 2.41. The Morgan fingerprint density at radius 1 is 1.07 bits per heavy atom. The summed E-state index contributed by atoms with van der Waals surface area (Å²) >= 11 is 0. The van der Waals surface area contributed by atoms with Crippen molar-refractivity contribution in [3.05, 3.63) is 77.4 Å². The molecule has 29 heavy (non-hydrogen) atoms. The molecule has 5 heteroatoms. The van der Waals surface area contributed by atoms with Crippen molar-refractivity contribution in [2.75, 3.05) is 5.32 Å². The molecule has 2 heterocycles. The van der Waals surface area contributed by atoms with Crippen LogP contribution in [0.1, 0.15) is 35.0 Å². The molecule has 2 aromatic carbocycles. The Hall–Kier alpha value is -3.34. The maximum Gasteiger partial charge on any atom is 0.144 e. The number of aromatic nitrogens is 3. The van der Waals surface area contributed by atoms with Gasteiger partial charge in [-0.05, 0) is 55.2 Å². The molecular weight excluding hydrogens is 360 g/mol. The molecule has 0 radical (unpaired) electrons. The Labute approximate surface area is 170 Å². The standard InChI is InChI=1S/C24H24N4O/c1-15-4-7-19(8-5-15)26-22-10-11-23-24(16(2)27-29-23)20-9-6-17(12-21(20)22)18-13-25-28(3)14-18/h4-9,12-14,22,26H,10-11H2,1-3H3. The summed E-state index contributed by atoms with van der Waals surface area (Å²) in [6, 6.07) is 15.4. The zero-order chi connectivity index (χ0) is 20.0. The normalized spacial score (nSPS) is 15.5. The lowest BCUT2D eigenvalue weighted by Crippen LogP contribution is -2.11. The van der Waals surface area contributed by atoms with Crippen LogP contribution >= 0.6 is 0 Å². The fraction of sp³-hybridized carbons (Fsp3) is 0.250. The van der Waals surface area contributed by atoms with E-state index in [4.69, 9.17) is 4.52 Å². The summed E-state index contributed by atoms with van der Waals surface area (Å²) in [5.41, 5.74) is 9.26. The first kappa shape index (κ1) is 17.7. The van der Waals surface area contributed by atoms with E-state index in [2.05, 4.69) is 71.2 Å². The molecule has 5 rings (SSSR count). The second-order valence-corrected chi connectivity index (χ2v) is 7.87. The van der Waals surface area contributed by atoms with Gasteiger partial charge in [0.1, 0.15) is 5.76 Å². The molecule has 1 aliphatic carbocycles. The molecule has 0 spiro atoms. The van der Waals surface area contributed by atoms with E-state index in [0.717, 1.165) is 41.1 Å². The van der Waals surface area contributed by atoms with Gasteiger partial charge in [-0.25, -0.2) is 0 Å². The van der Waals surface area contributed by atoms with Gasteiger partial charge >= 0.3 is 0 Å². The van der Waals surface area contributed by atoms with Gasteiger partial charge in [0.25, 0.3) is 0 Å². The van der Waals surface area contributed by atoms with Crippen LogP contribution in [0.15, 0.2) is 59.4 Å². The number of nitrogens with zero attached hydrogens (tertiary/aromatic N) is 3. The maximum absolute atomic E-state index is 5.66. The van der Waals surface area contributed by atoms with Gasteiger partial charge in [0.05, 0.1) is 17.9 Å². The van der Waals surface area contributed by atoms with E-state index in [1.165, 1.54) is 22.3 Å². The van der Waals surface area contributed by atoms with Crippen molar-refractivity contribution in [2.45, 2.75) is 32.7 Å². The highest BCUT2D eigenvalue weighted by Gasteiger charge is 2.27. The number of hydrogen-bond donors (Lipinski definition) is 1. The van der Waals surface area contributed by atoms with Crippen molar-refractivity contribution in [1.29, 1.82) is 0 Å². The summed E-state index contributed by atoms with van der Waals surface area (Å²) in [5.74, 6) is 0.978. The number of fused-ring (bicyclic) bond motifs is 3. The van der Waals surface area contributed by atoms with E-state index in [0.29, 0.717) is 0 Å². The average Bonchev–Trinajstić information content (AvgIpc) is 3.28. The van der Waals surface area contributed by atoms with E-state index >= 15 is 0 Å². The van der Waals surface area contributed by atoms with Gasteiger partial charge in [-0.15, -0.1) is 0 Å². The lowest BCUT2D eigenvalue weighted by Gasteiger charge is -2.22. The third kappa shape index (κ3) is 3.23. The zero-order valence-electron chi connectivity index (χ0n) is 16.9. The summed E-state index contributed by atoms with van der Waals surface area (Å²) < 4.78 is 7.50. The highest BCUT2D eigenvalue weighted by atomic mass is 16.5. The first-order valence-corrected chi connectivity index (χ1v) is 10.00. The number of anilines is 1. The number of aryl methyl sites for hydroxylation is 4. The topological polar surface area (TPSA) is 55.9 Å². The molecule has 0 bridgehead atoms. The minimum absolute atomic E-state index is 0.186. The molecule has 0 amide bonds. The first-order valence-electron chi connectivity index (χ1n) is 10.00. The van der Waals surface area contributed by atoms with E-state index < -0.39 is 0 Å². The molecule has 1 N–H and O–H groups in total. The summed E-state index contributed by atoms with van der Waals surface area (Å²) in [4.78, 5) is 0. The predicted molar refractivity (Wildman–Crippen MR) is 115 cm³/mol. The molecule has 2 aromatic heterocycles. The minimum atomic E-state index is 0.186. The molecule has 4 aromatic rings. The second kappa shape index (κ2) is 6.92. The van der Waals surface area contributed by atoms with Crippen molar-refractivity contribution < 1.29 is 4.52 Å². The maximum atomic E-state index is 5.66. The van der Waals surface area contributed by atoms with Gasteiger partial charge in [0, 0.05) is 36.5 Å². The molecule has 1 atom stereocenters. The van der Waals surface area contributed by atoms with E-state index in [9.17, 15) is 0 Å². The van der Waals surface area contributed by atoms with E-state index in [-0.39, 0.29) is 6.04 Å². The third-order valence-corrected chi connectivity index (χ3v) is 5.72. The molecular formula is C24H24N4O. The van der Waals surface area contributed by atoms with Crippen molar-refractivity contribution in [2.24, 2.45) is 7.05 Å². The Balaban J connectivity index is 1.62. The van der Waals surface area contributed by atoms with Crippen LogP contribution in [0.25, 0.3) is 22.3 Å². The van der Waals surface area contributed by atoms with Crippen LogP contribution in [0.2, 0.25) is 0 Å². The molecule has 5 nitrogen and oxygen atoms in total. The van der Waals surface area contributed by atoms with Crippen molar-refractivity contribution in [3.8, 4) is 22.3 Å². The predicted octanol–water partition coefficient (Wildman–Crippen LogP) is 5.46. The average molecular weight is 384 g/mol. The molecule has 0 saturated heterocycles. The summed E-state index contributed by atoms with van der Waals surface area (Å²) in [6.07, 6.45) is 5.77. The molecule has 146 valence electrons. The first-order chi connectivity index (χ1) is 14.1.